The van der Waals surface area contributed by atoms with Gasteiger partial charge in [0.15, 0.2) is 8.32 Å². The molecule has 1 saturated carbocycles. The molecule has 44 heavy (non-hydrogen) atoms. The summed E-state index contributed by atoms with van der Waals surface area (Å²) in [4.78, 5) is 3.26. The zero-order chi connectivity index (χ0) is 32.6. The average molecular weight is 660 g/mol. The molecule has 3 aliphatic rings. The maximum absolute atomic E-state index is 13.5. The molecular formula is C33H46F5NO3SSi. The van der Waals surface area contributed by atoms with E-state index in [9.17, 15) is 24.5 Å². The van der Waals surface area contributed by atoms with Crippen molar-refractivity contribution in [1.82, 2.24) is 4.98 Å². The summed E-state index contributed by atoms with van der Waals surface area (Å²) in [5.74, 6) is -0.118. The van der Waals surface area contributed by atoms with Gasteiger partial charge >= 0.3 is 10.2 Å². The van der Waals surface area contributed by atoms with E-state index in [1.165, 1.54) is 6.42 Å². The molecule has 1 aromatic heterocycles. The highest BCUT2D eigenvalue weighted by atomic mass is 32.5. The van der Waals surface area contributed by atoms with Crippen LogP contribution in [-0.4, -0.2) is 31.6 Å². The highest BCUT2D eigenvalue weighted by Crippen LogP contribution is 3.02. The molecule has 1 N–H and O–H groups in total. The second-order valence-electron chi connectivity index (χ2n) is 14.9. The molecule has 1 aliphatic heterocycles. The zero-order valence-electron chi connectivity index (χ0n) is 26.8. The van der Waals surface area contributed by atoms with E-state index in [1.807, 2.05) is 19.9 Å². The van der Waals surface area contributed by atoms with Crippen molar-refractivity contribution in [3.8, 4) is 0 Å². The van der Waals surface area contributed by atoms with Crippen molar-refractivity contribution < 1.29 is 33.7 Å². The van der Waals surface area contributed by atoms with Gasteiger partial charge in [-0.05, 0) is 90.4 Å². The summed E-state index contributed by atoms with van der Waals surface area (Å²) in [6.07, 6.45) is 6.00. The van der Waals surface area contributed by atoms with Gasteiger partial charge in [-0.3, -0.25) is 4.98 Å². The fourth-order valence-corrected chi connectivity index (χ4v) is 8.59. The Balaban J connectivity index is 1.75. The fourth-order valence-electron chi connectivity index (χ4n) is 6.67. The molecule has 11 heteroatoms. The van der Waals surface area contributed by atoms with E-state index in [1.54, 1.807) is 0 Å². The van der Waals surface area contributed by atoms with Crippen LogP contribution in [-0.2, 0) is 15.6 Å². The SMILES string of the molecule is CC(C)c1nc2c(c(C3=CCOCC3)c1C(O)c1ccc(S(F)(F)(F)(F)F)cc1)C(O[Si](C)(C)C(C)(C)C)CC1(CCC1)C2. The fraction of sp³-hybridized carbons (Fsp3) is 0.606. The molecule has 2 aromatic rings. The topological polar surface area (TPSA) is 51.6 Å². The molecule has 2 unspecified atom stereocenters. The minimum Gasteiger partial charge on any atom is -0.410 e. The number of aliphatic hydroxyl groups excluding tert-OH is 1. The summed E-state index contributed by atoms with van der Waals surface area (Å²) in [6.45, 7) is 15.9. The second kappa shape index (κ2) is 10.4. The number of benzene rings is 1. The molecule has 1 fully saturated rings. The van der Waals surface area contributed by atoms with E-state index in [4.69, 9.17) is 14.1 Å². The van der Waals surface area contributed by atoms with Gasteiger partial charge in [-0.25, -0.2) is 0 Å². The first-order valence-electron chi connectivity index (χ1n) is 15.6. The summed E-state index contributed by atoms with van der Waals surface area (Å²) in [5, 5.41) is 11.9. The number of ether oxygens (including phenoxy) is 1. The van der Waals surface area contributed by atoms with Crippen LogP contribution in [0.3, 0.4) is 0 Å². The second-order valence-corrected chi connectivity index (χ2v) is 22.1. The Morgan fingerprint density at radius 3 is 2.18 bits per heavy atom. The standard InChI is InChI=1S/C33H46F5NO3SSi/c1-21(2)30-29(31(40)23-9-11-24(12-10-23)43(34,35,36,37)38)27(22-13-17-41-18-14-22)28-25(39-30)19-33(15-8-16-33)20-26(28)42-44(6,7)32(3,4)5/h9-13,21,26,31,40H,8,14-20H2,1-7H3. The molecular weight excluding hydrogens is 614 g/mol. The molecule has 1 aromatic carbocycles. The number of pyridine rings is 1. The van der Waals surface area contributed by atoms with Gasteiger partial charge in [0.25, 0.3) is 0 Å². The molecule has 0 radical (unpaired) electrons. The van der Waals surface area contributed by atoms with Crippen LogP contribution in [0.25, 0.3) is 5.57 Å². The first kappa shape index (κ1) is 33.6. The smallest absolute Gasteiger partial charge is 0.310 e. The molecule has 0 amide bonds. The third-order valence-corrected chi connectivity index (χ3v) is 15.9. The Hall–Kier alpha value is -1.79. The summed E-state index contributed by atoms with van der Waals surface area (Å²) in [6, 6.07) is 2.66. The summed E-state index contributed by atoms with van der Waals surface area (Å²) in [5.41, 5.74) is 5.15. The van der Waals surface area contributed by atoms with Gasteiger partial charge in [-0.15, -0.1) is 0 Å². The number of hydrogen-bond donors (Lipinski definition) is 1. The maximum atomic E-state index is 13.5. The van der Waals surface area contributed by atoms with Crippen LogP contribution in [0.1, 0.15) is 118 Å². The van der Waals surface area contributed by atoms with Crippen molar-refractivity contribution in [2.24, 2.45) is 5.41 Å². The average Bonchev–Trinajstić information content (AvgIpc) is 2.89. The van der Waals surface area contributed by atoms with E-state index < -0.39 is 29.5 Å². The zero-order valence-corrected chi connectivity index (χ0v) is 28.6. The van der Waals surface area contributed by atoms with Crippen LogP contribution in [0.15, 0.2) is 35.2 Å². The van der Waals surface area contributed by atoms with E-state index in [2.05, 4.69) is 33.9 Å². The number of nitrogens with zero attached hydrogens (tertiary/aromatic N) is 1. The van der Waals surface area contributed by atoms with Gasteiger partial charge < -0.3 is 14.3 Å². The van der Waals surface area contributed by atoms with Crippen molar-refractivity contribution in [2.45, 2.75) is 114 Å². The predicted octanol–water partition coefficient (Wildman–Crippen LogP) is 10.9. The first-order chi connectivity index (χ1) is 20.0. The molecule has 2 atom stereocenters. The van der Waals surface area contributed by atoms with Crippen LogP contribution in [0.4, 0.5) is 19.4 Å². The lowest BCUT2D eigenvalue weighted by molar-refractivity contribution is 0.0296. The third-order valence-electron chi connectivity index (χ3n) is 10.3. The Labute approximate surface area is 259 Å². The van der Waals surface area contributed by atoms with Crippen LogP contribution < -0.4 is 0 Å². The van der Waals surface area contributed by atoms with Gasteiger partial charge in [0.1, 0.15) is 11.0 Å². The van der Waals surface area contributed by atoms with Crippen molar-refractivity contribution in [3.63, 3.8) is 0 Å². The quantitative estimate of drug-likeness (QED) is 0.237. The van der Waals surface area contributed by atoms with E-state index in [-0.39, 0.29) is 28.0 Å². The van der Waals surface area contributed by atoms with Crippen molar-refractivity contribution >= 4 is 24.1 Å². The van der Waals surface area contributed by atoms with Crippen LogP contribution >= 0.6 is 10.2 Å². The molecule has 0 saturated heterocycles. The molecule has 5 rings (SSSR count). The monoisotopic (exact) mass is 659 g/mol. The van der Waals surface area contributed by atoms with Gasteiger partial charge in [0.05, 0.1) is 19.3 Å². The van der Waals surface area contributed by atoms with E-state index in [0.717, 1.165) is 60.2 Å². The number of aliphatic hydroxyl groups is 1. The first-order valence-corrected chi connectivity index (χ1v) is 20.4. The normalized spacial score (nSPS) is 23.0. The van der Waals surface area contributed by atoms with Crippen LogP contribution in [0.2, 0.25) is 18.1 Å². The van der Waals surface area contributed by atoms with Crippen molar-refractivity contribution in [1.29, 1.82) is 0 Å². The number of hydrogen-bond acceptors (Lipinski definition) is 4. The summed E-state index contributed by atoms with van der Waals surface area (Å²) in [7, 11) is -12.1. The van der Waals surface area contributed by atoms with E-state index >= 15 is 0 Å². The minimum absolute atomic E-state index is 0.0479. The highest BCUT2D eigenvalue weighted by molar-refractivity contribution is 8.45. The van der Waals surface area contributed by atoms with Gasteiger partial charge in [0.2, 0.25) is 0 Å². The largest absolute Gasteiger partial charge is 0.410 e. The maximum Gasteiger partial charge on any atom is 0.310 e. The highest BCUT2D eigenvalue weighted by Gasteiger charge is 2.65. The summed E-state index contributed by atoms with van der Waals surface area (Å²) < 4.78 is 80.5. The lowest BCUT2D eigenvalue weighted by Gasteiger charge is -2.51. The lowest BCUT2D eigenvalue weighted by atomic mass is 9.59. The van der Waals surface area contributed by atoms with Crippen molar-refractivity contribution in [3.05, 3.63) is 64.0 Å². The Morgan fingerprint density at radius 2 is 1.70 bits per heavy atom. The van der Waals surface area contributed by atoms with Gasteiger partial charge in [-0.2, -0.15) is 0 Å². The third kappa shape index (κ3) is 6.41. The Morgan fingerprint density at radius 1 is 1.07 bits per heavy atom. The van der Waals surface area contributed by atoms with Crippen LogP contribution in [0.5, 0.6) is 0 Å². The van der Waals surface area contributed by atoms with Crippen LogP contribution in [0, 0.1) is 5.41 Å². The lowest BCUT2D eigenvalue weighted by Crippen LogP contribution is -2.46. The van der Waals surface area contributed by atoms with Crippen molar-refractivity contribution in [2.75, 3.05) is 13.2 Å². The Bertz CT molecular complexity index is 1460. The number of halogens is 5. The predicted molar refractivity (Wildman–Crippen MR) is 169 cm³/mol. The number of fused-ring (bicyclic) bond motifs is 1. The molecule has 1 spiro atoms. The Kier molecular flexibility index (Phi) is 7.90. The van der Waals surface area contributed by atoms with Gasteiger partial charge in [0, 0.05) is 22.5 Å². The number of aromatic nitrogens is 1. The van der Waals surface area contributed by atoms with E-state index in [0.29, 0.717) is 43.0 Å². The number of rotatable bonds is 7. The molecule has 0 bridgehead atoms. The van der Waals surface area contributed by atoms with Gasteiger partial charge in [-0.1, -0.05) is 78.7 Å². The molecule has 2 aliphatic carbocycles. The summed E-state index contributed by atoms with van der Waals surface area (Å²) >= 11 is 0. The molecule has 2 heterocycles. The minimum atomic E-state index is -9.87. The molecule has 4 nitrogen and oxygen atoms in total. The molecule has 246 valence electrons.